The van der Waals surface area contributed by atoms with Crippen LogP contribution >= 0.6 is 21.6 Å². The van der Waals surface area contributed by atoms with Crippen molar-refractivity contribution < 1.29 is 82.4 Å². The third-order valence-electron chi connectivity index (χ3n) is 16.2. The van der Waals surface area contributed by atoms with E-state index in [-0.39, 0.29) is 126 Å². The number of imidazole rings is 1. The lowest BCUT2D eigenvalue weighted by atomic mass is 9.83. The van der Waals surface area contributed by atoms with E-state index in [0.717, 1.165) is 28.0 Å². The first-order chi connectivity index (χ1) is 49.8. The van der Waals surface area contributed by atoms with Gasteiger partial charge >= 0.3 is 17.9 Å². The largest absolute Gasteiger partial charge is 0.497 e. The highest BCUT2D eigenvalue weighted by molar-refractivity contribution is 8.77. The lowest BCUT2D eigenvalue weighted by molar-refractivity contribution is -0.142. The second-order valence-electron chi connectivity index (χ2n) is 24.5. The molecule has 1 aliphatic heterocycles. The molecule has 580 valence electrons. The fraction of sp³-hybridized carbons (Fsp3) is 0.574. The number of carboxylic acid groups (broad SMARTS) is 3. The molecule has 1 aromatic carbocycles. The van der Waals surface area contributed by atoms with Gasteiger partial charge in [0.2, 0.25) is 59.1 Å². The smallest absolute Gasteiger partial charge is 0.326 e. The van der Waals surface area contributed by atoms with Crippen molar-refractivity contribution in [3.8, 4) is 5.75 Å². The van der Waals surface area contributed by atoms with Gasteiger partial charge in [0.05, 0.1) is 43.6 Å². The van der Waals surface area contributed by atoms with Gasteiger partial charge in [0.25, 0.3) is 0 Å². The standard InChI is InChI=1S/C61H97N25O17S2/c1-103-33-15-13-31(14-16-33)23-38-50(95)80-36(11-7-20-73-58(66)67)49(94)85-42(54(99)81-37(56(101)102)12-8-21-74-59(68)69)29-104-105-61(17-3-2-4-18-61)46(63)55(100)86-60(70)75-22-5-9-34(62)47(92)82-41(26-45(90)91)53(98)84-39(24-32-27-71-30-77-32)51(96)79-35(10-6-19-72-57(64)65)48(93)76-28-43(87)78-40(25-44(88)89)52(97)83-38/h13-16,27,30,34-42,46H,2-12,17-26,28-29,62-63H2,1H3,(H,71,77)(H,76,93)(H,78,87)(H,79,96)(H,80,95)(H,81,99)(H,82,92)(H,83,97)(H,84,98)(H,85,94)(H,88,89)(H,90,91)(H,101,102)(H4,64,65,72)(H4,66,67,73)(H4,68,69,74)(H3,70,75,86,100)/t34-,35-,36-,37+,38+,39+,40-,41+,42+,46+/m1/s1. The molecule has 0 radical (unpaired) electrons. The lowest BCUT2D eigenvalue weighted by Gasteiger charge is -2.40. The van der Waals surface area contributed by atoms with Crippen molar-refractivity contribution in [3.63, 3.8) is 0 Å². The Morgan fingerprint density at radius 3 is 1.69 bits per heavy atom. The van der Waals surface area contributed by atoms with Crippen LogP contribution in [0.3, 0.4) is 0 Å². The van der Waals surface area contributed by atoms with Crippen LogP contribution in [0.25, 0.3) is 0 Å². The van der Waals surface area contributed by atoms with Crippen LogP contribution in [0.1, 0.15) is 108 Å². The number of H-pyrrole nitrogens is 1. The number of nitrogens with zero attached hydrogens (tertiary/aromatic N) is 5. The molecule has 10 atom stereocenters. The number of guanidine groups is 4. The topological polar surface area (TPSA) is 724 Å². The monoisotopic (exact) mass is 1520 g/mol. The zero-order valence-corrected chi connectivity index (χ0v) is 59.4. The Morgan fingerprint density at radius 1 is 0.638 bits per heavy atom. The van der Waals surface area contributed by atoms with Crippen LogP contribution in [0, 0.1) is 0 Å². The van der Waals surface area contributed by atoms with Crippen LogP contribution < -0.4 is 110 Å². The molecule has 2 aliphatic rings. The molecule has 1 aliphatic carbocycles. The van der Waals surface area contributed by atoms with Crippen LogP contribution in [-0.2, 0) is 75.2 Å². The summed E-state index contributed by atoms with van der Waals surface area (Å²) in [5.74, 6) is -16.6. The number of hydrogen-bond donors (Lipinski definition) is 23. The Bertz CT molecular complexity index is 3420. The van der Waals surface area contributed by atoms with Crippen LogP contribution in [0.5, 0.6) is 5.75 Å². The normalized spacial score (nSPS) is 23.1. The highest BCUT2D eigenvalue weighted by Crippen LogP contribution is 2.48. The second kappa shape index (κ2) is 44.7. The Labute approximate surface area is 610 Å². The number of carboxylic acids is 3. The van der Waals surface area contributed by atoms with Crippen LogP contribution in [-0.4, -0.2) is 237 Å². The summed E-state index contributed by atoms with van der Waals surface area (Å²) >= 11 is 0. The molecule has 4 rings (SSSR count). The number of rotatable bonds is 24. The summed E-state index contributed by atoms with van der Waals surface area (Å²) in [6.45, 7) is -1.35. The molecular formula is C61H97N25O17S2. The van der Waals surface area contributed by atoms with Gasteiger partial charge < -0.3 is 124 Å². The summed E-state index contributed by atoms with van der Waals surface area (Å²) in [4.78, 5) is 203. The molecule has 1 fully saturated rings. The number of benzene rings is 1. The zero-order valence-electron chi connectivity index (χ0n) is 57.8. The summed E-state index contributed by atoms with van der Waals surface area (Å²) in [6.07, 6.45) is 1.52. The molecule has 2 heterocycles. The first kappa shape index (κ1) is 86.6. The van der Waals surface area contributed by atoms with E-state index in [0.29, 0.717) is 37.0 Å². The maximum absolute atomic E-state index is 14.9. The Balaban J connectivity index is 1.85. The number of aliphatic imine (C=N–C) groups is 4. The molecule has 0 bridgehead atoms. The van der Waals surface area contributed by atoms with E-state index in [9.17, 15) is 77.6 Å². The van der Waals surface area contributed by atoms with Gasteiger partial charge in [0, 0.05) is 56.7 Å². The van der Waals surface area contributed by atoms with Gasteiger partial charge in [-0.1, -0.05) is 53.0 Å². The molecule has 0 saturated heterocycles. The van der Waals surface area contributed by atoms with E-state index in [2.05, 4.69) is 83.1 Å². The molecule has 32 N–H and O–H groups in total. The molecule has 44 heteroatoms. The van der Waals surface area contributed by atoms with E-state index < -0.39 is 162 Å². The third-order valence-corrected chi connectivity index (χ3v) is 19.5. The molecule has 2 aromatic rings. The number of nitrogens with one attached hydrogen (secondary N) is 11. The SMILES string of the molecule is COc1ccc(C[C@@H]2NC(=O)[C@@H](CC(=O)O)NC(=O)CNC(=O)[C@@H](CCCN=C(N)N)NC(=O)[C@H](Cc3cnc[nH]3)NC(=O)[C@H](CC(=O)O)NC(=O)[C@H](N)CCCN=C(N)NC(=O)[C@H](N)C3(CCCCC3)SSC[C@@H](C(=O)N[C@@H](CCCN=C(N)N)C(=O)O)NC(=O)[C@@H](CCCN=C(N)N)NC2=O)cc1. The summed E-state index contributed by atoms with van der Waals surface area (Å²) in [6, 6.07) is -10.3. The Hall–Kier alpha value is -10.8. The molecule has 0 unspecified atom stereocenters. The van der Waals surface area contributed by atoms with Gasteiger partial charge in [-0.3, -0.25) is 82.8 Å². The summed E-state index contributed by atoms with van der Waals surface area (Å²) in [5, 5.41) is 54.6. The number of aliphatic carboxylic acids is 3. The van der Waals surface area contributed by atoms with Gasteiger partial charge in [0.1, 0.15) is 60.1 Å². The summed E-state index contributed by atoms with van der Waals surface area (Å²) in [7, 11) is 3.52. The van der Waals surface area contributed by atoms with E-state index >= 15 is 0 Å². The molecular weight excluding hydrogens is 1420 g/mol. The van der Waals surface area contributed by atoms with E-state index in [1.807, 2.05) is 0 Å². The van der Waals surface area contributed by atoms with Gasteiger partial charge in [-0.05, 0) is 81.9 Å². The number of hydrogen-bond acceptors (Lipinski definition) is 24. The van der Waals surface area contributed by atoms with Gasteiger partial charge in [0.15, 0.2) is 23.8 Å². The fourth-order valence-corrected chi connectivity index (χ4v) is 14.1. The Morgan fingerprint density at radius 2 is 1.15 bits per heavy atom. The number of carbonyl (C=O) groups excluding carboxylic acids is 10. The highest BCUT2D eigenvalue weighted by Gasteiger charge is 2.44. The number of aromatic amines is 1. The first-order valence-corrected chi connectivity index (χ1v) is 35.7. The molecule has 1 saturated carbocycles. The fourth-order valence-electron chi connectivity index (χ4n) is 10.7. The lowest BCUT2D eigenvalue weighted by Crippen LogP contribution is -2.60. The first-order valence-electron chi connectivity index (χ1n) is 33.3. The van der Waals surface area contributed by atoms with Crippen LogP contribution in [0.2, 0.25) is 0 Å². The third kappa shape index (κ3) is 31.8. The number of nitrogens with two attached hydrogens (primary N) is 9. The van der Waals surface area contributed by atoms with Gasteiger partial charge in [-0.15, -0.1) is 0 Å². The van der Waals surface area contributed by atoms with E-state index in [1.54, 1.807) is 0 Å². The van der Waals surface area contributed by atoms with Crippen LogP contribution in [0.4, 0.5) is 0 Å². The Kier molecular flexibility index (Phi) is 36.9. The average molecular weight is 1520 g/mol. The number of amides is 10. The molecule has 10 amide bonds. The van der Waals surface area contributed by atoms with Gasteiger partial charge in [-0.2, -0.15) is 0 Å². The maximum Gasteiger partial charge on any atom is 0.326 e. The number of carbonyl (C=O) groups is 13. The van der Waals surface area contributed by atoms with Crippen molar-refractivity contribution in [2.75, 3.05) is 45.6 Å². The predicted octanol–water partition coefficient (Wildman–Crippen LogP) is -7.64. The van der Waals surface area contributed by atoms with Gasteiger partial charge in [-0.25, -0.2) is 9.78 Å². The summed E-state index contributed by atoms with van der Waals surface area (Å²) < 4.78 is 4.22. The zero-order chi connectivity index (χ0) is 77.8. The van der Waals surface area contributed by atoms with Crippen molar-refractivity contribution in [2.45, 2.75) is 174 Å². The van der Waals surface area contributed by atoms with Crippen molar-refractivity contribution >= 4 is 122 Å². The molecule has 1 spiro atoms. The van der Waals surface area contributed by atoms with Crippen molar-refractivity contribution in [1.82, 2.24) is 63.1 Å². The van der Waals surface area contributed by atoms with E-state index in [1.165, 1.54) is 43.9 Å². The minimum absolute atomic E-state index is 0.0104. The molecule has 1 aromatic heterocycles. The molecule has 105 heavy (non-hydrogen) atoms. The predicted molar refractivity (Wildman–Crippen MR) is 385 cm³/mol. The van der Waals surface area contributed by atoms with Crippen LogP contribution in [0.15, 0.2) is 56.8 Å². The molecule has 42 nitrogen and oxygen atoms in total. The summed E-state index contributed by atoms with van der Waals surface area (Å²) in [5.41, 5.74) is 52.9. The minimum atomic E-state index is -2.01. The van der Waals surface area contributed by atoms with Crippen molar-refractivity contribution in [1.29, 1.82) is 0 Å². The highest BCUT2D eigenvalue weighted by atomic mass is 33.1. The average Bonchev–Trinajstić information content (AvgIpc) is 0.951. The quantitative estimate of drug-likeness (QED) is 0.0201. The van der Waals surface area contributed by atoms with Crippen molar-refractivity contribution in [3.05, 3.63) is 48.0 Å². The van der Waals surface area contributed by atoms with Crippen molar-refractivity contribution in [2.24, 2.45) is 71.6 Å². The minimum Gasteiger partial charge on any atom is -0.497 e. The maximum atomic E-state index is 14.9. The number of aromatic nitrogens is 2. The number of ether oxygens (including phenoxy) is 1. The second-order valence-corrected chi connectivity index (χ2v) is 27.2. The van der Waals surface area contributed by atoms with E-state index in [4.69, 9.17) is 56.3 Å². The number of methoxy groups -OCH3 is 1.